The van der Waals surface area contributed by atoms with Crippen molar-refractivity contribution in [3.63, 3.8) is 0 Å². The number of nitrogens with one attached hydrogen (secondary N) is 1. The number of hydrogen-bond donors (Lipinski definition) is 1. The SMILES string of the molecule is CCO[C@@H]1C[C@H](NC(C)=O)[C@H](OC(C)=O)[C@@H](COC(C)=O)O1. The molecule has 1 fully saturated rings. The fourth-order valence-corrected chi connectivity index (χ4v) is 2.31. The summed E-state index contributed by atoms with van der Waals surface area (Å²) in [6.07, 6.45) is -1.70. The molecule has 4 atom stereocenters. The molecule has 0 aromatic heterocycles. The minimum absolute atomic E-state index is 0.0903. The third-order valence-electron chi connectivity index (χ3n) is 3.03. The highest BCUT2D eigenvalue weighted by atomic mass is 16.7. The Morgan fingerprint density at radius 3 is 2.36 bits per heavy atom. The molecule has 0 saturated carbocycles. The first-order valence-electron chi connectivity index (χ1n) is 7.18. The van der Waals surface area contributed by atoms with Gasteiger partial charge in [0.25, 0.3) is 0 Å². The van der Waals surface area contributed by atoms with Crippen LogP contribution in [0.25, 0.3) is 0 Å². The van der Waals surface area contributed by atoms with E-state index in [0.717, 1.165) is 0 Å². The lowest BCUT2D eigenvalue weighted by Gasteiger charge is -2.40. The molecular weight excluding hydrogens is 294 g/mol. The van der Waals surface area contributed by atoms with E-state index in [1.165, 1.54) is 20.8 Å². The predicted octanol–water partition coefficient (Wildman–Crippen LogP) is 0.137. The molecule has 0 spiro atoms. The van der Waals surface area contributed by atoms with Crippen LogP contribution in [-0.4, -0.2) is 55.6 Å². The first-order valence-corrected chi connectivity index (χ1v) is 7.18. The Morgan fingerprint density at radius 1 is 1.18 bits per heavy atom. The van der Waals surface area contributed by atoms with Crippen molar-refractivity contribution < 1.29 is 33.3 Å². The van der Waals surface area contributed by atoms with E-state index in [9.17, 15) is 14.4 Å². The summed E-state index contributed by atoms with van der Waals surface area (Å²) in [4.78, 5) is 33.7. The summed E-state index contributed by atoms with van der Waals surface area (Å²) in [5.74, 6) is -1.24. The molecule has 0 aromatic rings. The van der Waals surface area contributed by atoms with Crippen LogP contribution in [0.1, 0.15) is 34.1 Å². The maximum absolute atomic E-state index is 11.4. The molecule has 8 heteroatoms. The molecule has 0 radical (unpaired) electrons. The van der Waals surface area contributed by atoms with Crippen LogP contribution in [0.3, 0.4) is 0 Å². The molecule has 1 rings (SSSR count). The maximum atomic E-state index is 11.4. The Hall–Kier alpha value is -1.67. The van der Waals surface area contributed by atoms with Crippen molar-refractivity contribution in [2.75, 3.05) is 13.2 Å². The van der Waals surface area contributed by atoms with Crippen molar-refractivity contribution in [1.29, 1.82) is 0 Å². The van der Waals surface area contributed by atoms with Crippen LogP contribution in [0.2, 0.25) is 0 Å². The number of rotatable bonds is 6. The molecule has 0 aromatic carbocycles. The zero-order valence-corrected chi connectivity index (χ0v) is 13.3. The van der Waals surface area contributed by atoms with Gasteiger partial charge in [-0.2, -0.15) is 0 Å². The first-order chi connectivity index (χ1) is 10.3. The molecule has 0 unspecified atom stereocenters. The van der Waals surface area contributed by atoms with Crippen molar-refractivity contribution >= 4 is 17.8 Å². The van der Waals surface area contributed by atoms with Crippen LogP contribution in [0, 0.1) is 0 Å². The normalized spacial score (nSPS) is 27.8. The fraction of sp³-hybridized carbons (Fsp3) is 0.786. The van der Waals surface area contributed by atoms with Crippen LogP contribution in [-0.2, 0) is 33.3 Å². The van der Waals surface area contributed by atoms with Gasteiger partial charge in [0.05, 0.1) is 6.04 Å². The summed E-state index contributed by atoms with van der Waals surface area (Å²) in [6, 6.07) is -0.479. The standard InChI is InChI=1S/C14H23NO7/c1-5-19-13-6-11(15-8(2)16)14(21-10(4)18)12(22-13)7-20-9(3)17/h11-14H,5-7H2,1-4H3,(H,15,16)/t11-,12+,13-,14-/m0/s1. The van der Waals surface area contributed by atoms with Crippen molar-refractivity contribution in [3.05, 3.63) is 0 Å². The van der Waals surface area contributed by atoms with Crippen LogP contribution in [0.15, 0.2) is 0 Å². The average molecular weight is 317 g/mol. The van der Waals surface area contributed by atoms with Gasteiger partial charge in [0, 0.05) is 33.8 Å². The highest BCUT2D eigenvalue weighted by Crippen LogP contribution is 2.24. The molecular formula is C14H23NO7. The highest BCUT2D eigenvalue weighted by Gasteiger charge is 2.42. The van der Waals surface area contributed by atoms with Crippen molar-refractivity contribution in [2.45, 2.75) is 58.7 Å². The van der Waals surface area contributed by atoms with E-state index < -0.39 is 36.5 Å². The lowest BCUT2D eigenvalue weighted by Crippen LogP contribution is -2.58. The number of carbonyl (C=O) groups excluding carboxylic acids is 3. The molecule has 0 aliphatic carbocycles. The average Bonchev–Trinajstić information content (AvgIpc) is 2.38. The molecule has 0 bridgehead atoms. The lowest BCUT2D eigenvalue weighted by atomic mass is 9.98. The largest absolute Gasteiger partial charge is 0.463 e. The summed E-state index contributed by atoms with van der Waals surface area (Å²) in [5, 5.41) is 2.73. The zero-order valence-electron chi connectivity index (χ0n) is 13.3. The molecule has 1 heterocycles. The zero-order chi connectivity index (χ0) is 16.7. The van der Waals surface area contributed by atoms with E-state index in [1.807, 2.05) is 6.92 Å². The Kier molecular flexibility index (Phi) is 7.26. The number of amides is 1. The molecule has 1 aliphatic heterocycles. The Balaban J connectivity index is 2.89. The minimum Gasteiger partial charge on any atom is -0.463 e. The van der Waals surface area contributed by atoms with Crippen molar-refractivity contribution in [1.82, 2.24) is 5.32 Å². The number of hydrogen-bond acceptors (Lipinski definition) is 7. The predicted molar refractivity (Wildman–Crippen MR) is 74.7 cm³/mol. The first kappa shape index (κ1) is 18.4. The Bertz CT molecular complexity index is 412. The molecule has 1 aliphatic rings. The summed E-state index contributed by atoms with van der Waals surface area (Å²) < 4.78 is 21.3. The smallest absolute Gasteiger partial charge is 0.303 e. The molecule has 8 nitrogen and oxygen atoms in total. The number of esters is 2. The number of ether oxygens (including phenoxy) is 4. The Labute approximate surface area is 129 Å². The van der Waals surface area contributed by atoms with Crippen molar-refractivity contribution in [3.8, 4) is 0 Å². The number of carbonyl (C=O) groups is 3. The third kappa shape index (κ3) is 5.98. The quantitative estimate of drug-likeness (QED) is 0.695. The van der Waals surface area contributed by atoms with E-state index in [0.29, 0.717) is 13.0 Å². The summed E-state index contributed by atoms with van der Waals surface area (Å²) in [5.41, 5.74) is 0. The monoisotopic (exact) mass is 317 g/mol. The summed E-state index contributed by atoms with van der Waals surface area (Å²) in [6.45, 7) is 6.06. The molecule has 1 N–H and O–H groups in total. The van der Waals surface area contributed by atoms with Crippen LogP contribution in [0.5, 0.6) is 0 Å². The molecule has 1 saturated heterocycles. The van der Waals surface area contributed by atoms with E-state index in [1.54, 1.807) is 0 Å². The Morgan fingerprint density at radius 2 is 1.86 bits per heavy atom. The van der Waals surface area contributed by atoms with E-state index in [2.05, 4.69) is 5.32 Å². The topological polar surface area (TPSA) is 100 Å². The summed E-state index contributed by atoms with van der Waals surface area (Å²) in [7, 11) is 0. The van der Waals surface area contributed by atoms with Gasteiger partial charge < -0.3 is 24.3 Å². The molecule has 22 heavy (non-hydrogen) atoms. The van der Waals surface area contributed by atoms with Crippen LogP contribution in [0.4, 0.5) is 0 Å². The van der Waals surface area contributed by atoms with Gasteiger partial charge in [-0.3, -0.25) is 14.4 Å². The van der Waals surface area contributed by atoms with E-state index in [4.69, 9.17) is 18.9 Å². The minimum atomic E-state index is -0.752. The van der Waals surface area contributed by atoms with Crippen LogP contribution < -0.4 is 5.32 Å². The second-order valence-electron chi connectivity index (χ2n) is 4.98. The van der Waals surface area contributed by atoms with Gasteiger partial charge in [-0.05, 0) is 6.92 Å². The van der Waals surface area contributed by atoms with Crippen molar-refractivity contribution in [2.24, 2.45) is 0 Å². The van der Waals surface area contributed by atoms with Gasteiger partial charge in [-0.25, -0.2) is 0 Å². The van der Waals surface area contributed by atoms with Gasteiger partial charge in [-0.1, -0.05) is 0 Å². The van der Waals surface area contributed by atoms with Gasteiger partial charge in [-0.15, -0.1) is 0 Å². The van der Waals surface area contributed by atoms with Gasteiger partial charge in [0.2, 0.25) is 5.91 Å². The van der Waals surface area contributed by atoms with Crippen LogP contribution >= 0.6 is 0 Å². The highest BCUT2D eigenvalue weighted by molar-refractivity contribution is 5.73. The van der Waals surface area contributed by atoms with Gasteiger partial charge in [0.15, 0.2) is 12.4 Å². The molecule has 126 valence electrons. The van der Waals surface area contributed by atoms with E-state index >= 15 is 0 Å². The third-order valence-corrected chi connectivity index (χ3v) is 3.03. The lowest BCUT2D eigenvalue weighted by molar-refractivity contribution is -0.243. The van der Waals surface area contributed by atoms with Gasteiger partial charge >= 0.3 is 11.9 Å². The maximum Gasteiger partial charge on any atom is 0.303 e. The molecule has 1 amide bonds. The second-order valence-corrected chi connectivity index (χ2v) is 4.98. The fourth-order valence-electron chi connectivity index (χ4n) is 2.31. The second kappa shape index (κ2) is 8.70. The van der Waals surface area contributed by atoms with E-state index in [-0.39, 0.29) is 12.5 Å². The van der Waals surface area contributed by atoms with Gasteiger partial charge in [0.1, 0.15) is 12.7 Å². The summed E-state index contributed by atoms with van der Waals surface area (Å²) >= 11 is 0.